The monoisotopic (exact) mass is 354 g/mol. The van der Waals surface area contributed by atoms with Gasteiger partial charge in [-0.15, -0.1) is 0 Å². The third-order valence-corrected chi connectivity index (χ3v) is 4.89. The number of anilines is 1. The fourth-order valence-corrected chi connectivity index (χ4v) is 3.24. The van der Waals surface area contributed by atoms with Gasteiger partial charge in [0.05, 0.1) is 14.2 Å². The van der Waals surface area contributed by atoms with Gasteiger partial charge in [0.25, 0.3) is 0 Å². The van der Waals surface area contributed by atoms with E-state index in [-0.39, 0.29) is 18.0 Å². The molecule has 0 unspecified atom stereocenters. The minimum Gasteiger partial charge on any atom is -0.493 e. The molecule has 0 saturated heterocycles. The SMILES string of the molecule is COc1cc(F)c(S(=O)(=O)NCCc2ccc(N)cc2)cc1OC. The molecule has 0 aliphatic carbocycles. The van der Waals surface area contributed by atoms with Crippen molar-refractivity contribution in [1.29, 1.82) is 0 Å². The van der Waals surface area contributed by atoms with Crippen molar-refractivity contribution in [2.24, 2.45) is 0 Å². The van der Waals surface area contributed by atoms with E-state index in [0.717, 1.165) is 17.7 Å². The maximum Gasteiger partial charge on any atom is 0.243 e. The van der Waals surface area contributed by atoms with Gasteiger partial charge >= 0.3 is 0 Å². The summed E-state index contributed by atoms with van der Waals surface area (Å²) in [6.07, 6.45) is 0.453. The summed E-state index contributed by atoms with van der Waals surface area (Å²) in [4.78, 5) is -0.488. The van der Waals surface area contributed by atoms with Gasteiger partial charge in [-0.25, -0.2) is 17.5 Å². The summed E-state index contributed by atoms with van der Waals surface area (Å²) < 4.78 is 51.0. The summed E-state index contributed by atoms with van der Waals surface area (Å²) in [5, 5.41) is 0. The molecule has 0 amide bonds. The fourth-order valence-electron chi connectivity index (χ4n) is 2.13. The van der Waals surface area contributed by atoms with E-state index in [1.807, 2.05) is 0 Å². The molecule has 0 heterocycles. The lowest BCUT2D eigenvalue weighted by Gasteiger charge is -2.12. The Morgan fingerprint density at radius 2 is 1.67 bits per heavy atom. The Labute approximate surface area is 140 Å². The van der Waals surface area contributed by atoms with Gasteiger partial charge in [0.15, 0.2) is 11.5 Å². The second-order valence-electron chi connectivity index (χ2n) is 5.03. The van der Waals surface area contributed by atoms with E-state index >= 15 is 0 Å². The topological polar surface area (TPSA) is 90.7 Å². The van der Waals surface area contributed by atoms with Crippen LogP contribution in [0.25, 0.3) is 0 Å². The average Bonchev–Trinajstić information content (AvgIpc) is 2.56. The number of nitrogen functional groups attached to an aromatic ring is 1. The molecule has 0 aliphatic heterocycles. The van der Waals surface area contributed by atoms with Crippen LogP contribution in [-0.2, 0) is 16.4 Å². The van der Waals surface area contributed by atoms with Gasteiger partial charge in [-0.2, -0.15) is 0 Å². The number of sulfonamides is 1. The summed E-state index contributed by atoms with van der Waals surface area (Å²) in [6.45, 7) is 0.125. The first-order chi connectivity index (χ1) is 11.4. The van der Waals surface area contributed by atoms with Crippen LogP contribution >= 0.6 is 0 Å². The predicted molar refractivity (Wildman–Crippen MR) is 89.3 cm³/mol. The number of nitrogens with one attached hydrogen (secondary N) is 1. The number of rotatable bonds is 7. The van der Waals surface area contributed by atoms with Crippen molar-refractivity contribution in [3.63, 3.8) is 0 Å². The van der Waals surface area contributed by atoms with Gasteiger partial charge < -0.3 is 15.2 Å². The van der Waals surface area contributed by atoms with E-state index in [9.17, 15) is 12.8 Å². The second-order valence-corrected chi connectivity index (χ2v) is 6.76. The molecule has 0 radical (unpaired) electrons. The molecule has 2 aromatic carbocycles. The Hall–Kier alpha value is -2.32. The number of hydrogen-bond donors (Lipinski definition) is 2. The number of methoxy groups -OCH3 is 2. The van der Waals surface area contributed by atoms with Crippen molar-refractivity contribution in [3.8, 4) is 11.5 Å². The van der Waals surface area contributed by atoms with Gasteiger partial charge in [0.1, 0.15) is 10.7 Å². The van der Waals surface area contributed by atoms with Crippen LogP contribution in [0.5, 0.6) is 11.5 Å². The number of nitrogens with two attached hydrogens (primary N) is 1. The summed E-state index contributed by atoms with van der Waals surface area (Å²) in [5.74, 6) is -0.652. The minimum absolute atomic E-state index is 0.121. The highest BCUT2D eigenvalue weighted by Gasteiger charge is 2.22. The molecular formula is C16H19FN2O4S. The lowest BCUT2D eigenvalue weighted by atomic mass is 10.1. The van der Waals surface area contributed by atoms with Gasteiger partial charge in [0, 0.05) is 24.4 Å². The van der Waals surface area contributed by atoms with Crippen LogP contribution in [-0.4, -0.2) is 29.2 Å². The minimum atomic E-state index is -4.01. The van der Waals surface area contributed by atoms with Gasteiger partial charge in [-0.1, -0.05) is 12.1 Å². The van der Waals surface area contributed by atoms with Crippen LogP contribution in [0.1, 0.15) is 5.56 Å². The van der Waals surface area contributed by atoms with Crippen molar-refractivity contribution in [1.82, 2.24) is 4.72 Å². The molecule has 24 heavy (non-hydrogen) atoms. The standard InChI is InChI=1S/C16H19FN2O4S/c1-22-14-9-13(17)16(10-15(14)23-2)24(20,21)19-8-7-11-3-5-12(18)6-4-11/h3-6,9-10,19H,7-8,18H2,1-2H3. The normalized spacial score (nSPS) is 11.3. The van der Waals surface area contributed by atoms with Crippen molar-refractivity contribution in [2.45, 2.75) is 11.3 Å². The summed E-state index contributed by atoms with van der Waals surface area (Å²) in [6, 6.07) is 9.16. The van der Waals surface area contributed by atoms with Crippen LogP contribution < -0.4 is 19.9 Å². The molecule has 8 heteroatoms. The number of ether oxygens (including phenoxy) is 2. The third kappa shape index (κ3) is 4.15. The lowest BCUT2D eigenvalue weighted by Crippen LogP contribution is -2.27. The molecular weight excluding hydrogens is 335 g/mol. The first kappa shape index (κ1) is 18.0. The van der Waals surface area contributed by atoms with E-state index < -0.39 is 20.7 Å². The molecule has 0 saturated carbocycles. The summed E-state index contributed by atoms with van der Waals surface area (Å²) in [7, 11) is -1.32. The third-order valence-electron chi connectivity index (χ3n) is 3.41. The molecule has 0 aromatic heterocycles. The van der Waals surface area contributed by atoms with Crippen LogP contribution in [0, 0.1) is 5.82 Å². The van der Waals surface area contributed by atoms with E-state index in [1.54, 1.807) is 24.3 Å². The number of halogens is 1. The number of benzene rings is 2. The van der Waals surface area contributed by atoms with Crippen LogP contribution in [0.3, 0.4) is 0 Å². The Bertz CT molecular complexity index is 808. The number of hydrogen-bond acceptors (Lipinski definition) is 5. The van der Waals surface area contributed by atoms with Gasteiger partial charge in [-0.3, -0.25) is 0 Å². The molecule has 3 N–H and O–H groups in total. The zero-order chi connectivity index (χ0) is 17.7. The fraction of sp³-hybridized carbons (Fsp3) is 0.250. The second kappa shape index (κ2) is 7.50. The first-order valence-corrected chi connectivity index (χ1v) is 8.61. The molecule has 0 aliphatic rings. The highest BCUT2D eigenvalue weighted by Crippen LogP contribution is 2.31. The smallest absolute Gasteiger partial charge is 0.243 e. The molecule has 0 bridgehead atoms. The van der Waals surface area contributed by atoms with Gasteiger partial charge in [0.2, 0.25) is 10.0 Å². The molecule has 0 fully saturated rings. The zero-order valence-corrected chi connectivity index (χ0v) is 14.2. The van der Waals surface area contributed by atoms with E-state index in [0.29, 0.717) is 12.1 Å². The molecule has 2 aromatic rings. The first-order valence-electron chi connectivity index (χ1n) is 7.13. The van der Waals surface area contributed by atoms with Crippen molar-refractivity contribution < 1.29 is 22.3 Å². The Morgan fingerprint density at radius 3 is 2.25 bits per heavy atom. The highest BCUT2D eigenvalue weighted by atomic mass is 32.2. The van der Waals surface area contributed by atoms with Crippen LogP contribution in [0.4, 0.5) is 10.1 Å². The quantitative estimate of drug-likeness (QED) is 0.742. The molecule has 6 nitrogen and oxygen atoms in total. The average molecular weight is 354 g/mol. The molecule has 2 rings (SSSR count). The molecule has 130 valence electrons. The summed E-state index contributed by atoms with van der Waals surface area (Å²) in [5.41, 5.74) is 7.14. The summed E-state index contributed by atoms with van der Waals surface area (Å²) >= 11 is 0. The Balaban J connectivity index is 2.13. The zero-order valence-electron chi connectivity index (χ0n) is 13.4. The van der Waals surface area contributed by atoms with Crippen molar-refractivity contribution in [2.75, 3.05) is 26.5 Å². The van der Waals surface area contributed by atoms with E-state index in [2.05, 4.69) is 4.72 Å². The van der Waals surface area contributed by atoms with Crippen LogP contribution in [0.2, 0.25) is 0 Å². The van der Waals surface area contributed by atoms with Crippen LogP contribution in [0.15, 0.2) is 41.3 Å². The molecule has 0 atom stereocenters. The van der Waals surface area contributed by atoms with Gasteiger partial charge in [-0.05, 0) is 24.1 Å². The van der Waals surface area contributed by atoms with Crippen molar-refractivity contribution in [3.05, 3.63) is 47.8 Å². The largest absolute Gasteiger partial charge is 0.493 e. The Kier molecular flexibility index (Phi) is 5.63. The maximum atomic E-state index is 14.1. The van der Waals surface area contributed by atoms with Crippen molar-refractivity contribution >= 4 is 15.7 Å². The molecule has 0 spiro atoms. The lowest BCUT2D eigenvalue weighted by molar-refractivity contribution is 0.350. The maximum absolute atomic E-state index is 14.1. The van der Waals surface area contributed by atoms with E-state index in [4.69, 9.17) is 15.2 Å². The van der Waals surface area contributed by atoms with E-state index in [1.165, 1.54) is 14.2 Å². The predicted octanol–water partition coefficient (Wildman–Crippen LogP) is 1.95. The Morgan fingerprint density at radius 1 is 1.08 bits per heavy atom. The highest BCUT2D eigenvalue weighted by molar-refractivity contribution is 7.89.